The largest absolute Gasteiger partial charge is 0.399 e. The predicted octanol–water partition coefficient (Wildman–Crippen LogP) is 3.16. The Morgan fingerprint density at radius 3 is 2.44 bits per heavy atom. The molecule has 0 saturated heterocycles. The van der Waals surface area contributed by atoms with E-state index in [0.717, 1.165) is 32.9 Å². The Hall–Kier alpha value is -2.22. The van der Waals surface area contributed by atoms with Crippen LogP contribution in [-0.4, -0.2) is 0 Å². The van der Waals surface area contributed by atoms with Crippen molar-refractivity contribution >= 4 is 32.9 Å². The first-order valence-corrected chi connectivity index (χ1v) is 5.22. The van der Waals surface area contributed by atoms with E-state index in [4.69, 9.17) is 11.5 Å². The maximum atomic E-state index is 6.03. The van der Waals surface area contributed by atoms with Gasteiger partial charge in [0.25, 0.3) is 0 Å². The van der Waals surface area contributed by atoms with Crippen LogP contribution in [0.3, 0.4) is 0 Å². The molecule has 0 heterocycles. The first kappa shape index (κ1) is 9.04. The molecule has 0 aromatic heterocycles. The van der Waals surface area contributed by atoms with Gasteiger partial charge in [-0.05, 0) is 34.4 Å². The van der Waals surface area contributed by atoms with E-state index >= 15 is 0 Å². The van der Waals surface area contributed by atoms with Crippen molar-refractivity contribution in [2.75, 3.05) is 11.5 Å². The fourth-order valence-electron chi connectivity index (χ4n) is 2.17. The molecule has 0 bridgehead atoms. The van der Waals surface area contributed by atoms with Crippen molar-refractivity contribution in [1.29, 1.82) is 0 Å². The van der Waals surface area contributed by atoms with Gasteiger partial charge in [0.1, 0.15) is 0 Å². The summed E-state index contributed by atoms with van der Waals surface area (Å²) in [5.41, 5.74) is 13.4. The highest BCUT2D eigenvalue weighted by atomic mass is 14.6. The molecule has 0 aliphatic carbocycles. The SMILES string of the molecule is Nc1ccc2c(ccc3cccc(N)c32)c1. The summed E-state index contributed by atoms with van der Waals surface area (Å²) < 4.78 is 0. The summed E-state index contributed by atoms with van der Waals surface area (Å²) in [7, 11) is 0. The molecule has 78 valence electrons. The second kappa shape index (κ2) is 3.14. The maximum absolute atomic E-state index is 6.03. The van der Waals surface area contributed by atoms with E-state index in [1.165, 1.54) is 0 Å². The average Bonchev–Trinajstić information content (AvgIpc) is 2.29. The summed E-state index contributed by atoms with van der Waals surface area (Å²) in [6, 6.07) is 16.0. The Bertz CT molecular complexity index is 687. The molecule has 0 aliphatic heterocycles. The lowest BCUT2D eigenvalue weighted by atomic mass is 10.0. The second-order valence-electron chi connectivity index (χ2n) is 3.99. The molecule has 0 aliphatic rings. The van der Waals surface area contributed by atoms with Crippen molar-refractivity contribution in [3.05, 3.63) is 48.5 Å². The van der Waals surface area contributed by atoms with Gasteiger partial charge in [0.2, 0.25) is 0 Å². The van der Waals surface area contributed by atoms with Gasteiger partial charge >= 0.3 is 0 Å². The van der Waals surface area contributed by atoms with E-state index < -0.39 is 0 Å². The van der Waals surface area contributed by atoms with Crippen LogP contribution in [0.15, 0.2) is 48.5 Å². The maximum Gasteiger partial charge on any atom is 0.0400 e. The van der Waals surface area contributed by atoms with Gasteiger partial charge in [-0.1, -0.05) is 30.3 Å². The van der Waals surface area contributed by atoms with Crippen molar-refractivity contribution in [2.45, 2.75) is 0 Å². The molecule has 0 atom stereocenters. The topological polar surface area (TPSA) is 52.0 Å². The number of anilines is 2. The minimum Gasteiger partial charge on any atom is -0.399 e. The van der Waals surface area contributed by atoms with E-state index in [2.05, 4.69) is 18.2 Å². The Labute approximate surface area is 93.5 Å². The third kappa shape index (κ3) is 1.20. The second-order valence-corrected chi connectivity index (χ2v) is 3.99. The third-order valence-electron chi connectivity index (χ3n) is 2.92. The van der Waals surface area contributed by atoms with Gasteiger partial charge in [0.05, 0.1) is 0 Å². The number of fused-ring (bicyclic) bond motifs is 3. The molecule has 0 fully saturated rings. The van der Waals surface area contributed by atoms with Crippen LogP contribution in [0.1, 0.15) is 0 Å². The minimum atomic E-state index is 0.779. The number of hydrogen-bond donors (Lipinski definition) is 2. The first-order valence-electron chi connectivity index (χ1n) is 5.22. The fraction of sp³-hybridized carbons (Fsp3) is 0. The summed E-state index contributed by atoms with van der Waals surface area (Å²) in [6.45, 7) is 0. The van der Waals surface area contributed by atoms with E-state index in [9.17, 15) is 0 Å². The van der Waals surface area contributed by atoms with Crippen LogP contribution in [0.2, 0.25) is 0 Å². The number of benzene rings is 3. The van der Waals surface area contributed by atoms with Crippen molar-refractivity contribution < 1.29 is 0 Å². The van der Waals surface area contributed by atoms with Crippen molar-refractivity contribution in [3.8, 4) is 0 Å². The standard InChI is InChI=1S/C14H12N2/c15-11-6-7-12-10(8-11)5-4-9-2-1-3-13(16)14(9)12/h1-8H,15-16H2. The number of hydrogen-bond acceptors (Lipinski definition) is 2. The molecule has 0 saturated carbocycles. The first-order chi connectivity index (χ1) is 7.75. The van der Waals surface area contributed by atoms with Gasteiger partial charge < -0.3 is 11.5 Å². The Morgan fingerprint density at radius 1 is 0.750 bits per heavy atom. The Kier molecular flexibility index (Phi) is 1.77. The molecular weight excluding hydrogens is 196 g/mol. The van der Waals surface area contributed by atoms with Crippen LogP contribution in [0, 0.1) is 0 Å². The third-order valence-corrected chi connectivity index (χ3v) is 2.92. The minimum absolute atomic E-state index is 0.779. The van der Waals surface area contributed by atoms with Crippen LogP contribution in [0.25, 0.3) is 21.5 Å². The van der Waals surface area contributed by atoms with E-state index in [0.29, 0.717) is 0 Å². The molecule has 3 rings (SSSR count). The van der Waals surface area contributed by atoms with Crippen LogP contribution in [0.4, 0.5) is 11.4 Å². The lowest BCUT2D eigenvalue weighted by Gasteiger charge is -2.07. The molecular formula is C14H12N2. The van der Waals surface area contributed by atoms with E-state index in [1.807, 2.05) is 30.3 Å². The molecule has 0 radical (unpaired) electrons. The van der Waals surface area contributed by atoms with Crippen LogP contribution in [0.5, 0.6) is 0 Å². The highest BCUT2D eigenvalue weighted by molar-refractivity contribution is 6.13. The molecule has 0 amide bonds. The summed E-state index contributed by atoms with van der Waals surface area (Å²) in [5, 5.41) is 4.56. The van der Waals surface area contributed by atoms with Crippen LogP contribution in [-0.2, 0) is 0 Å². The molecule has 3 aromatic rings. The number of nitrogen functional groups attached to an aromatic ring is 2. The summed E-state index contributed by atoms with van der Waals surface area (Å²) in [6.07, 6.45) is 0. The van der Waals surface area contributed by atoms with Gasteiger partial charge in [-0.2, -0.15) is 0 Å². The molecule has 3 aromatic carbocycles. The van der Waals surface area contributed by atoms with Gasteiger partial charge in [-0.15, -0.1) is 0 Å². The lowest BCUT2D eigenvalue weighted by Crippen LogP contribution is -1.89. The Balaban J connectivity index is 2.58. The van der Waals surface area contributed by atoms with Gasteiger partial charge in [0, 0.05) is 16.8 Å². The monoisotopic (exact) mass is 208 g/mol. The number of nitrogens with two attached hydrogens (primary N) is 2. The molecule has 0 spiro atoms. The Morgan fingerprint density at radius 2 is 1.56 bits per heavy atom. The van der Waals surface area contributed by atoms with Crippen molar-refractivity contribution in [1.82, 2.24) is 0 Å². The summed E-state index contributed by atoms with van der Waals surface area (Å²) in [5.74, 6) is 0. The van der Waals surface area contributed by atoms with Gasteiger partial charge in [-0.3, -0.25) is 0 Å². The highest BCUT2D eigenvalue weighted by Crippen LogP contribution is 2.30. The molecule has 4 N–H and O–H groups in total. The zero-order chi connectivity index (χ0) is 11.1. The molecule has 2 nitrogen and oxygen atoms in total. The average molecular weight is 208 g/mol. The summed E-state index contributed by atoms with van der Waals surface area (Å²) in [4.78, 5) is 0. The van der Waals surface area contributed by atoms with Crippen molar-refractivity contribution in [3.63, 3.8) is 0 Å². The van der Waals surface area contributed by atoms with E-state index in [1.54, 1.807) is 0 Å². The smallest absolute Gasteiger partial charge is 0.0400 e. The van der Waals surface area contributed by atoms with Gasteiger partial charge in [-0.25, -0.2) is 0 Å². The van der Waals surface area contributed by atoms with Crippen molar-refractivity contribution in [2.24, 2.45) is 0 Å². The number of rotatable bonds is 0. The quantitative estimate of drug-likeness (QED) is 0.440. The van der Waals surface area contributed by atoms with E-state index in [-0.39, 0.29) is 0 Å². The van der Waals surface area contributed by atoms with Gasteiger partial charge in [0.15, 0.2) is 0 Å². The fourth-order valence-corrected chi connectivity index (χ4v) is 2.17. The van der Waals surface area contributed by atoms with Crippen LogP contribution < -0.4 is 11.5 Å². The molecule has 2 heteroatoms. The lowest BCUT2D eigenvalue weighted by molar-refractivity contribution is 1.73. The van der Waals surface area contributed by atoms with Crippen LogP contribution >= 0.6 is 0 Å². The zero-order valence-electron chi connectivity index (χ0n) is 8.77. The summed E-state index contributed by atoms with van der Waals surface area (Å²) >= 11 is 0. The normalized spacial score (nSPS) is 11.0. The highest BCUT2D eigenvalue weighted by Gasteiger charge is 2.03. The predicted molar refractivity (Wildman–Crippen MR) is 70.3 cm³/mol. The molecule has 0 unspecified atom stereocenters. The zero-order valence-corrected chi connectivity index (χ0v) is 8.77. The molecule has 16 heavy (non-hydrogen) atoms.